The molecule has 0 bridgehead atoms. The summed E-state index contributed by atoms with van der Waals surface area (Å²) in [7, 11) is 0. The van der Waals surface area contributed by atoms with E-state index in [1.54, 1.807) is 47.4 Å². The molecule has 0 atom stereocenters. The summed E-state index contributed by atoms with van der Waals surface area (Å²) < 4.78 is 12.9. The first-order chi connectivity index (χ1) is 14.6. The second-order valence-electron chi connectivity index (χ2n) is 6.50. The smallest absolute Gasteiger partial charge is 0.291 e. The van der Waals surface area contributed by atoms with Crippen molar-refractivity contribution in [1.82, 2.24) is 9.78 Å². The molecule has 0 fully saturated rings. The van der Waals surface area contributed by atoms with Crippen molar-refractivity contribution < 1.29 is 13.9 Å². The zero-order chi connectivity index (χ0) is 20.9. The highest BCUT2D eigenvalue weighted by atomic mass is 35.5. The normalized spacial score (nSPS) is 10.7. The van der Waals surface area contributed by atoms with Gasteiger partial charge in [0, 0.05) is 11.2 Å². The summed E-state index contributed by atoms with van der Waals surface area (Å²) >= 11 is 12.0. The number of benzene rings is 2. The first kappa shape index (κ1) is 20.1. The van der Waals surface area contributed by atoms with Crippen LogP contribution in [0.2, 0.25) is 10.0 Å². The highest BCUT2D eigenvalue weighted by Crippen LogP contribution is 2.28. The second kappa shape index (κ2) is 9.07. The van der Waals surface area contributed by atoms with E-state index in [1.807, 2.05) is 30.3 Å². The van der Waals surface area contributed by atoms with Crippen molar-refractivity contribution in [2.24, 2.45) is 0 Å². The molecule has 30 heavy (non-hydrogen) atoms. The van der Waals surface area contributed by atoms with Crippen LogP contribution in [0.25, 0.3) is 0 Å². The summed E-state index contributed by atoms with van der Waals surface area (Å²) in [4.78, 5) is 12.4. The van der Waals surface area contributed by atoms with E-state index >= 15 is 0 Å². The summed E-state index contributed by atoms with van der Waals surface area (Å²) in [6.45, 7) is 0.746. The number of rotatable bonds is 7. The van der Waals surface area contributed by atoms with Crippen LogP contribution >= 0.6 is 23.2 Å². The lowest BCUT2D eigenvalue weighted by atomic mass is 10.2. The van der Waals surface area contributed by atoms with Gasteiger partial charge in [0.1, 0.15) is 18.1 Å². The Morgan fingerprint density at radius 1 is 1.10 bits per heavy atom. The number of nitrogens with zero attached hydrogens (tertiary/aromatic N) is 2. The van der Waals surface area contributed by atoms with Crippen LogP contribution in [0.15, 0.2) is 77.5 Å². The first-order valence-corrected chi connectivity index (χ1v) is 9.87. The highest BCUT2D eigenvalue weighted by Gasteiger charge is 2.13. The Balaban J connectivity index is 1.34. The number of halogens is 2. The van der Waals surface area contributed by atoms with Gasteiger partial charge in [-0.05, 0) is 35.9 Å². The fraction of sp³-hybridized carbons (Fsp3) is 0.0909. The SMILES string of the molecule is O=C(Nc1cnn(Cc2ccccc2)c1)c1ccc(COc2ccc(Cl)cc2Cl)o1. The Bertz CT molecular complexity index is 1160. The van der Waals surface area contributed by atoms with E-state index in [-0.39, 0.29) is 18.3 Å². The number of amides is 1. The van der Waals surface area contributed by atoms with Gasteiger partial charge >= 0.3 is 0 Å². The fourth-order valence-electron chi connectivity index (χ4n) is 2.80. The molecule has 2 heterocycles. The van der Waals surface area contributed by atoms with E-state index in [9.17, 15) is 4.79 Å². The van der Waals surface area contributed by atoms with Gasteiger partial charge < -0.3 is 14.5 Å². The van der Waals surface area contributed by atoms with E-state index in [0.717, 1.165) is 5.56 Å². The molecule has 2 aromatic heterocycles. The standard InChI is InChI=1S/C22H17Cl2N3O3/c23-16-6-8-20(19(24)10-16)29-14-18-7-9-21(30-18)22(28)26-17-11-25-27(13-17)12-15-4-2-1-3-5-15/h1-11,13H,12,14H2,(H,26,28). The third kappa shape index (κ3) is 5.03. The largest absolute Gasteiger partial charge is 0.484 e. The molecule has 0 aliphatic rings. The summed E-state index contributed by atoms with van der Waals surface area (Å²) in [6, 6.07) is 18.2. The maximum atomic E-state index is 12.4. The molecule has 152 valence electrons. The molecule has 1 amide bonds. The number of aromatic nitrogens is 2. The molecule has 8 heteroatoms. The minimum absolute atomic E-state index is 0.129. The van der Waals surface area contributed by atoms with Crippen LogP contribution in [0, 0.1) is 0 Å². The van der Waals surface area contributed by atoms with Crippen molar-refractivity contribution in [1.29, 1.82) is 0 Å². The molecule has 0 aliphatic carbocycles. The number of anilines is 1. The van der Waals surface area contributed by atoms with Crippen LogP contribution in [-0.2, 0) is 13.2 Å². The molecule has 6 nitrogen and oxygen atoms in total. The van der Waals surface area contributed by atoms with Crippen molar-refractivity contribution in [3.8, 4) is 5.75 Å². The Hall–Kier alpha value is -3.22. The van der Waals surface area contributed by atoms with E-state index in [4.69, 9.17) is 32.4 Å². The summed E-state index contributed by atoms with van der Waals surface area (Å²) in [5.41, 5.74) is 1.70. The maximum absolute atomic E-state index is 12.4. The molecule has 1 N–H and O–H groups in total. The Morgan fingerprint density at radius 3 is 2.73 bits per heavy atom. The van der Waals surface area contributed by atoms with Gasteiger partial charge in [0.15, 0.2) is 5.76 Å². The zero-order valence-electron chi connectivity index (χ0n) is 15.7. The molecule has 4 rings (SSSR count). The summed E-state index contributed by atoms with van der Waals surface area (Å²) in [5.74, 6) is 0.775. The van der Waals surface area contributed by atoms with Crippen molar-refractivity contribution >= 4 is 34.8 Å². The van der Waals surface area contributed by atoms with Gasteiger partial charge in [0.2, 0.25) is 0 Å². The van der Waals surface area contributed by atoms with E-state index in [1.165, 1.54) is 0 Å². The van der Waals surface area contributed by atoms with Crippen LogP contribution in [0.4, 0.5) is 5.69 Å². The van der Waals surface area contributed by atoms with Gasteiger partial charge in [-0.15, -0.1) is 0 Å². The Kier molecular flexibility index (Phi) is 6.07. The van der Waals surface area contributed by atoms with Gasteiger partial charge in [0.25, 0.3) is 5.91 Å². The van der Waals surface area contributed by atoms with Gasteiger partial charge in [-0.2, -0.15) is 5.10 Å². The second-order valence-corrected chi connectivity index (χ2v) is 7.34. The molecule has 0 aliphatic heterocycles. The molecule has 2 aromatic carbocycles. The van der Waals surface area contributed by atoms with E-state index < -0.39 is 0 Å². The number of ether oxygens (including phenoxy) is 1. The van der Waals surface area contributed by atoms with Gasteiger partial charge in [-0.25, -0.2) is 0 Å². The third-order valence-corrected chi connectivity index (χ3v) is 4.76. The van der Waals surface area contributed by atoms with Gasteiger partial charge in [-0.3, -0.25) is 9.48 Å². The fourth-order valence-corrected chi connectivity index (χ4v) is 3.26. The lowest BCUT2D eigenvalue weighted by molar-refractivity contribution is 0.0992. The monoisotopic (exact) mass is 441 g/mol. The first-order valence-electron chi connectivity index (χ1n) is 9.11. The number of carbonyl (C=O) groups excluding carboxylic acids is 1. The predicted octanol–water partition coefficient (Wildman–Crippen LogP) is 5.66. The Labute approximate surface area is 183 Å². The van der Waals surface area contributed by atoms with Crippen LogP contribution in [-0.4, -0.2) is 15.7 Å². The number of hydrogen-bond acceptors (Lipinski definition) is 4. The molecular weight excluding hydrogens is 425 g/mol. The quantitative estimate of drug-likeness (QED) is 0.401. The van der Waals surface area contributed by atoms with Crippen molar-refractivity contribution in [2.75, 3.05) is 5.32 Å². The number of furan rings is 1. The van der Waals surface area contributed by atoms with Crippen LogP contribution < -0.4 is 10.1 Å². The van der Waals surface area contributed by atoms with Crippen LogP contribution in [0.5, 0.6) is 5.75 Å². The number of carbonyl (C=O) groups is 1. The van der Waals surface area contributed by atoms with Crippen molar-refractivity contribution in [3.05, 3.63) is 100 Å². The topological polar surface area (TPSA) is 69.3 Å². The van der Waals surface area contributed by atoms with Crippen LogP contribution in [0.3, 0.4) is 0 Å². The van der Waals surface area contributed by atoms with Gasteiger partial charge in [0.05, 0.1) is 23.5 Å². The molecule has 0 spiro atoms. The average Bonchev–Trinajstić information content (AvgIpc) is 3.38. The highest BCUT2D eigenvalue weighted by molar-refractivity contribution is 6.35. The van der Waals surface area contributed by atoms with Crippen molar-refractivity contribution in [3.63, 3.8) is 0 Å². The van der Waals surface area contributed by atoms with E-state index in [0.29, 0.717) is 33.8 Å². The molecular formula is C22H17Cl2N3O3. The maximum Gasteiger partial charge on any atom is 0.291 e. The third-order valence-electron chi connectivity index (χ3n) is 4.23. The molecule has 0 saturated carbocycles. The summed E-state index contributed by atoms with van der Waals surface area (Å²) in [5, 5.41) is 7.97. The van der Waals surface area contributed by atoms with Crippen molar-refractivity contribution in [2.45, 2.75) is 13.2 Å². The lowest BCUT2D eigenvalue weighted by Gasteiger charge is -2.06. The molecule has 0 radical (unpaired) electrons. The zero-order valence-corrected chi connectivity index (χ0v) is 17.2. The minimum atomic E-state index is -0.370. The predicted molar refractivity (Wildman–Crippen MR) is 115 cm³/mol. The van der Waals surface area contributed by atoms with Crippen LogP contribution in [0.1, 0.15) is 21.9 Å². The number of nitrogens with one attached hydrogen (secondary N) is 1. The van der Waals surface area contributed by atoms with E-state index in [2.05, 4.69) is 10.4 Å². The van der Waals surface area contributed by atoms with Gasteiger partial charge in [-0.1, -0.05) is 53.5 Å². The average molecular weight is 442 g/mol. The summed E-state index contributed by atoms with van der Waals surface area (Å²) in [6.07, 6.45) is 3.36. The Morgan fingerprint density at radius 2 is 1.93 bits per heavy atom. The minimum Gasteiger partial charge on any atom is -0.484 e. The molecule has 0 saturated heterocycles. The molecule has 0 unspecified atom stereocenters. The lowest BCUT2D eigenvalue weighted by Crippen LogP contribution is -2.10. The number of hydrogen-bond donors (Lipinski definition) is 1. The molecule has 4 aromatic rings.